The number of amides is 1. The first-order valence-electron chi connectivity index (χ1n) is 10.5. The van der Waals surface area contributed by atoms with Crippen LogP contribution >= 0.6 is 0 Å². The third-order valence-electron chi connectivity index (χ3n) is 6.55. The molecule has 1 amide bonds. The predicted octanol–water partition coefficient (Wildman–Crippen LogP) is 2.91. The molecule has 7 nitrogen and oxygen atoms in total. The summed E-state index contributed by atoms with van der Waals surface area (Å²) in [7, 11) is 0. The number of carbonyl (C=O) groups excluding carboxylic acids is 1. The van der Waals surface area contributed by atoms with Crippen LogP contribution in [0.1, 0.15) is 47.1 Å². The van der Waals surface area contributed by atoms with E-state index in [9.17, 15) is 4.79 Å². The van der Waals surface area contributed by atoms with E-state index in [1.165, 1.54) is 5.56 Å². The van der Waals surface area contributed by atoms with Gasteiger partial charge in [0.1, 0.15) is 11.3 Å². The molecular weight excluding hydrogens is 370 g/mol. The number of aryl methyl sites for hydroxylation is 2. The first-order valence-corrected chi connectivity index (χ1v) is 10.5. The van der Waals surface area contributed by atoms with Gasteiger partial charge in [0.2, 0.25) is 6.79 Å². The van der Waals surface area contributed by atoms with Gasteiger partial charge in [0.15, 0.2) is 11.5 Å². The van der Waals surface area contributed by atoms with Gasteiger partial charge in [-0.05, 0) is 55.7 Å². The third kappa shape index (κ3) is 3.37. The Morgan fingerprint density at radius 2 is 1.97 bits per heavy atom. The number of rotatable bonds is 5. The van der Waals surface area contributed by atoms with Crippen LogP contribution in [-0.2, 0) is 13.0 Å². The van der Waals surface area contributed by atoms with E-state index >= 15 is 0 Å². The van der Waals surface area contributed by atoms with Gasteiger partial charge < -0.3 is 19.3 Å². The van der Waals surface area contributed by atoms with Crippen LogP contribution in [0.25, 0.3) is 0 Å². The lowest BCUT2D eigenvalue weighted by molar-refractivity contribution is 0.0822. The average molecular weight is 397 g/mol. The summed E-state index contributed by atoms with van der Waals surface area (Å²) in [6.45, 7) is 7.00. The van der Waals surface area contributed by atoms with E-state index in [0.29, 0.717) is 36.4 Å². The second kappa shape index (κ2) is 7.37. The number of aromatic nitrogens is 1. The molecule has 2 fully saturated rings. The topological polar surface area (TPSA) is 76.8 Å². The molecule has 1 saturated heterocycles. The first kappa shape index (κ1) is 18.5. The standard InChI is InChI=1S/C22H27N3O4/c1-3-17-20(13(2)29-24-17)22(26)23-21-15-5-6-16(21)11-25(10-15)9-14-4-7-18-19(8-14)28-12-27-18/h4,7-8,15-16,21H,3,5-6,9-12H2,1-2H3,(H,23,26)/t15-,16+,21?. The van der Waals surface area contributed by atoms with Gasteiger partial charge in [0, 0.05) is 25.7 Å². The van der Waals surface area contributed by atoms with Gasteiger partial charge in [0.05, 0.1) is 5.69 Å². The monoisotopic (exact) mass is 397 g/mol. The number of hydrogen-bond donors (Lipinski definition) is 1. The minimum atomic E-state index is -0.0354. The summed E-state index contributed by atoms with van der Waals surface area (Å²) in [4.78, 5) is 15.4. The molecule has 3 aliphatic rings. The van der Waals surface area contributed by atoms with Crippen LogP contribution in [0, 0.1) is 18.8 Å². The number of likely N-dealkylation sites (tertiary alicyclic amines) is 1. The van der Waals surface area contributed by atoms with Crippen LogP contribution in [0.5, 0.6) is 11.5 Å². The molecule has 154 valence electrons. The Kier molecular flexibility index (Phi) is 4.70. The first-order chi connectivity index (χ1) is 14.1. The van der Waals surface area contributed by atoms with E-state index in [1.807, 2.05) is 19.9 Å². The molecule has 1 unspecified atom stereocenters. The highest BCUT2D eigenvalue weighted by molar-refractivity contribution is 5.96. The highest BCUT2D eigenvalue weighted by Gasteiger charge is 2.43. The van der Waals surface area contributed by atoms with Crippen LogP contribution in [0.2, 0.25) is 0 Å². The molecule has 7 heteroatoms. The molecule has 0 spiro atoms. The van der Waals surface area contributed by atoms with Gasteiger partial charge in [-0.3, -0.25) is 9.69 Å². The van der Waals surface area contributed by atoms with Gasteiger partial charge in [-0.1, -0.05) is 18.1 Å². The van der Waals surface area contributed by atoms with Crippen molar-refractivity contribution in [1.82, 2.24) is 15.4 Å². The molecule has 3 heterocycles. The summed E-state index contributed by atoms with van der Waals surface area (Å²) in [6, 6.07) is 6.42. The molecule has 5 rings (SSSR count). The number of carbonyl (C=O) groups is 1. The molecule has 2 bridgehead atoms. The van der Waals surface area contributed by atoms with Crippen molar-refractivity contribution in [2.45, 2.75) is 45.7 Å². The number of fused-ring (bicyclic) bond motifs is 3. The SMILES string of the molecule is CCc1noc(C)c1C(=O)NC1[C@@H]2CC[C@H]1CN(Cc1ccc3c(c1)OCO3)C2. The van der Waals surface area contributed by atoms with Gasteiger partial charge in [-0.2, -0.15) is 0 Å². The van der Waals surface area contributed by atoms with Crippen molar-refractivity contribution in [2.75, 3.05) is 19.9 Å². The second-order valence-corrected chi connectivity index (χ2v) is 8.39. The summed E-state index contributed by atoms with van der Waals surface area (Å²) >= 11 is 0. The molecule has 1 aliphatic carbocycles. The summed E-state index contributed by atoms with van der Waals surface area (Å²) in [5, 5.41) is 7.34. The number of hydrogen-bond acceptors (Lipinski definition) is 6. The van der Waals surface area contributed by atoms with Crippen LogP contribution in [0.3, 0.4) is 0 Å². The van der Waals surface area contributed by atoms with Gasteiger partial charge in [0.25, 0.3) is 5.91 Å². The number of nitrogens with zero attached hydrogens (tertiary/aromatic N) is 2. The van der Waals surface area contributed by atoms with Crippen molar-refractivity contribution in [1.29, 1.82) is 0 Å². The molecule has 29 heavy (non-hydrogen) atoms. The lowest BCUT2D eigenvalue weighted by Gasteiger charge is -2.38. The molecular formula is C22H27N3O4. The summed E-state index contributed by atoms with van der Waals surface area (Å²) in [6.07, 6.45) is 3.02. The summed E-state index contributed by atoms with van der Waals surface area (Å²) in [5.74, 6) is 3.20. The van der Waals surface area contributed by atoms with Crippen molar-refractivity contribution in [3.05, 3.63) is 40.8 Å². The van der Waals surface area contributed by atoms with E-state index in [-0.39, 0.29) is 11.9 Å². The highest BCUT2D eigenvalue weighted by atomic mass is 16.7. The fourth-order valence-corrected chi connectivity index (χ4v) is 5.16. The van der Waals surface area contributed by atoms with Crippen LogP contribution in [-0.4, -0.2) is 41.9 Å². The quantitative estimate of drug-likeness (QED) is 0.836. The smallest absolute Gasteiger partial charge is 0.257 e. The van der Waals surface area contributed by atoms with E-state index in [2.05, 4.69) is 27.5 Å². The predicted molar refractivity (Wildman–Crippen MR) is 106 cm³/mol. The van der Waals surface area contributed by atoms with E-state index in [1.54, 1.807) is 0 Å². The molecule has 1 N–H and O–H groups in total. The maximum absolute atomic E-state index is 12.9. The van der Waals surface area contributed by atoms with Gasteiger partial charge in [-0.15, -0.1) is 0 Å². The number of nitrogens with one attached hydrogen (secondary N) is 1. The van der Waals surface area contributed by atoms with Gasteiger partial charge >= 0.3 is 0 Å². The number of piperidine rings is 1. The van der Waals surface area contributed by atoms with Crippen LogP contribution in [0.4, 0.5) is 0 Å². The van der Waals surface area contributed by atoms with E-state index < -0.39 is 0 Å². The lowest BCUT2D eigenvalue weighted by atomic mass is 9.91. The van der Waals surface area contributed by atoms with Crippen molar-refractivity contribution >= 4 is 5.91 Å². The minimum absolute atomic E-state index is 0.0354. The highest BCUT2D eigenvalue weighted by Crippen LogP contribution is 2.38. The lowest BCUT2D eigenvalue weighted by Crippen LogP contribution is -2.52. The van der Waals surface area contributed by atoms with Crippen molar-refractivity contribution in [3.8, 4) is 11.5 Å². The Morgan fingerprint density at radius 1 is 1.21 bits per heavy atom. The normalized spacial score (nSPS) is 25.4. The Labute approximate surface area is 170 Å². The fraction of sp³-hybridized carbons (Fsp3) is 0.545. The minimum Gasteiger partial charge on any atom is -0.454 e. The molecule has 2 aromatic rings. The van der Waals surface area contributed by atoms with Crippen molar-refractivity contribution in [3.63, 3.8) is 0 Å². The Morgan fingerprint density at radius 3 is 2.72 bits per heavy atom. The molecule has 1 saturated carbocycles. The van der Waals surface area contributed by atoms with Crippen LogP contribution < -0.4 is 14.8 Å². The summed E-state index contributed by atoms with van der Waals surface area (Å²) in [5.41, 5.74) is 2.60. The largest absolute Gasteiger partial charge is 0.454 e. The number of benzene rings is 1. The zero-order valence-corrected chi connectivity index (χ0v) is 16.9. The van der Waals surface area contributed by atoms with Gasteiger partial charge in [-0.25, -0.2) is 0 Å². The molecule has 1 aromatic carbocycles. The molecule has 2 aliphatic heterocycles. The number of ether oxygens (including phenoxy) is 2. The third-order valence-corrected chi connectivity index (χ3v) is 6.55. The zero-order chi connectivity index (χ0) is 20.0. The van der Waals surface area contributed by atoms with Crippen LogP contribution in [0.15, 0.2) is 22.7 Å². The molecule has 1 aromatic heterocycles. The van der Waals surface area contributed by atoms with Crippen molar-refractivity contribution < 1.29 is 18.8 Å². The van der Waals surface area contributed by atoms with Crippen molar-refractivity contribution in [2.24, 2.45) is 11.8 Å². The molecule has 0 radical (unpaired) electrons. The Bertz CT molecular complexity index is 911. The average Bonchev–Trinajstić information content (AvgIpc) is 3.38. The van der Waals surface area contributed by atoms with E-state index in [4.69, 9.17) is 14.0 Å². The zero-order valence-electron chi connectivity index (χ0n) is 16.9. The Balaban J connectivity index is 1.24. The second-order valence-electron chi connectivity index (χ2n) is 8.39. The summed E-state index contributed by atoms with van der Waals surface area (Å²) < 4.78 is 16.2. The Hall–Kier alpha value is -2.54. The molecule has 3 atom stereocenters. The maximum atomic E-state index is 12.9. The van der Waals surface area contributed by atoms with E-state index in [0.717, 1.165) is 49.7 Å². The fourth-order valence-electron chi connectivity index (χ4n) is 5.16. The maximum Gasteiger partial charge on any atom is 0.257 e.